The zero-order chi connectivity index (χ0) is 10.2. The standard InChI is InChI=1S/C11H15ClO2/c12-8-4-7-11(13)14-9-10-5-2-1-3-6-10/h1-3,5-6,11,13H,4,7-9H2. The Morgan fingerprint density at radius 3 is 2.64 bits per heavy atom. The quantitative estimate of drug-likeness (QED) is 0.583. The van der Waals surface area contributed by atoms with Crippen molar-refractivity contribution in [2.75, 3.05) is 5.88 Å². The normalized spacial score (nSPS) is 12.7. The van der Waals surface area contributed by atoms with E-state index in [1.807, 2.05) is 30.3 Å². The highest BCUT2D eigenvalue weighted by Gasteiger charge is 2.03. The first-order valence-corrected chi connectivity index (χ1v) is 5.26. The molecule has 0 spiro atoms. The van der Waals surface area contributed by atoms with Crippen molar-refractivity contribution in [1.82, 2.24) is 0 Å². The van der Waals surface area contributed by atoms with Crippen LogP contribution in [0.25, 0.3) is 0 Å². The van der Waals surface area contributed by atoms with Gasteiger partial charge in [-0.1, -0.05) is 30.3 Å². The molecule has 0 aliphatic carbocycles. The third-order valence-corrected chi connectivity index (χ3v) is 2.14. The smallest absolute Gasteiger partial charge is 0.155 e. The monoisotopic (exact) mass is 214 g/mol. The van der Waals surface area contributed by atoms with Crippen LogP contribution in [0.5, 0.6) is 0 Å². The van der Waals surface area contributed by atoms with Crippen LogP contribution in [0.1, 0.15) is 18.4 Å². The second-order valence-electron chi connectivity index (χ2n) is 3.08. The Hall–Kier alpha value is -0.570. The summed E-state index contributed by atoms with van der Waals surface area (Å²) >= 11 is 5.50. The van der Waals surface area contributed by atoms with E-state index in [-0.39, 0.29) is 0 Å². The molecule has 0 saturated carbocycles. The number of aliphatic hydroxyl groups is 1. The summed E-state index contributed by atoms with van der Waals surface area (Å²) in [4.78, 5) is 0. The minimum absolute atomic E-state index is 0.449. The number of benzene rings is 1. The molecule has 0 aliphatic rings. The van der Waals surface area contributed by atoms with Crippen molar-refractivity contribution in [3.05, 3.63) is 35.9 Å². The molecule has 0 aliphatic heterocycles. The van der Waals surface area contributed by atoms with E-state index < -0.39 is 6.29 Å². The predicted octanol–water partition coefficient (Wildman–Crippen LogP) is 2.54. The topological polar surface area (TPSA) is 29.5 Å². The van der Waals surface area contributed by atoms with Crippen LogP contribution < -0.4 is 0 Å². The molecule has 1 rings (SSSR count). The van der Waals surface area contributed by atoms with E-state index in [4.69, 9.17) is 16.3 Å². The zero-order valence-corrected chi connectivity index (χ0v) is 8.78. The number of ether oxygens (including phenoxy) is 1. The van der Waals surface area contributed by atoms with E-state index >= 15 is 0 Å². The van der Waals surface area contributed by atoms with Crippen LogP contribution in [-0.4, -0.2) is 17.3 Å². The number of alkyl halides is 1. The van der Waals surface area contributed by atoms with Crippen LogP contribution in [0.15, 0.2) is 30.3 Å². The summed E-state index contributed by atoms with van der Waals surface area (Å²) in [7, 11) is 0. The number of hydrogen-bond donors (Lipinski definition) is 1. The molecule has 1 unspecified atom stereocenters. The SMILES string of the molecule is OC(CCCCl)OCc1ccccc1. The summed E-state index contributed by atoms with van der Waals surface area (Å²) in [6.45, 7) is 0.449. The van der Waals surface area contributed by atoms with Crippen molar-refractivity contribution >= 4 is 11.6 Å². The summed E-state index contributed by atoms with van der Waals surface area (Å²) in [5.41, 5.74) is 1.07. The highest BCUT2D eigenvalue weighted by molar-refractivity contribution is 6.17. The fourth-order valence-corrected chi connectivity index (χ4v) is 1.26. The molecule has 0 radical (unpaired) electrons. The predicted molar refractivity (Wildman–Crippen MR) is 57.2 cm³/mol. The van der Waals surface area contributed by atoms with E-state index in [2.05, 4.69) is 0 Å². The molecule has 0 aromatic heterocycles. The van der Waals surface area contributed by atoms with Gasteiger partial charge in [-0.3, -0.25) is 0 Å². The van der Waals surface area contributed by atoms with Gasteiger partial charge in [0.05, 0.1) is 6.61 Å². The molecule has 0 heterocycles. The van der Waals surface area contributed by atoms with Gasteiger partial charge in [-0.15, -0.1) is 11.6 Å². The molecular formula is C11H15ClO2. The van der Waals surface area contributed by atoms with Crippen LogP contribution in [0.4, 0.5) is 0 Å². The molecule has 0 fully saturated rings. The lowest BCUT2D eigenvalue weighted by molar-refractivity contribution is -0.111. The van der Waals surface area contributed by atoms with Crippen molar-refractivity contribution in [2.45, 2.75) is 25.7 Å². The molecule has 1 N–H and O–H groups in total. The maximum atomic E-state index is 9.36. The lowest BCUT2D eigenvalue weighted by Crippen LogP contribution is -2.11. The average Bonchev–Trinajstić information content (AvgIpc) is 2.25. The minimum Gasteiger partial charge on any atom is -0.368 e. The summed E-state index contributed by atoms with van der Waals surface area (Å²) in [5, 5.41) is 9.36. The van der Waals surface area contributed by atoms with Gasteiger partial charge in [0.2, 0.25) is 0 Å². The largest absolute Gasteiger partial charge is 0.368 e. The van der Waals surface area contributed by atoms with E-state index in [1.54, 1.807) is 0 Å². The first-order valence-electron chi connectivity index (χ1n) is 4.72. The Bertz CT molecular complexity index is 238. The number of aliphatic hydroxyl groups excluding tert-OH is 1. The summed E-state index contributed by atoms with van der Waals surface area (Å²) in [5.74, 6) is 0.561. The van der Waals surface area contributed by atoms with Gasteiger partial charge in [0.15, 0.2) is 6.29 Å². The zero-order valence-electron chi connectivity index (χ0n) is 8.03. The Kier molecular flexibility index (Phi) is 5.60. The first-order chi connectivity index (χ1) is 6.83. The Morgan fingerprint density at radius 2 is 2.00 bits per heavy atom. The van der Waals surface area contributed by atoms with Crippen LogP contribution in [0.3, 0.4) is 0 Å². The van der Waals surface area contributed by atoms with Gasteiger partial charge < -0.3 is 9.84 Å². The second kappa shape index (κ2) is 6.82. The van der Waals surface area contributed by atoms with E-state index in [1.165, 1.54) is 0 Å². The van der Waals surface area contributed by atoms with E-state index in [0.29, 0.717) is 18.9 Å². The fourth-order valence-electron chi connectivity index (χ4n) is 1.10. The van der Waals surface area contributed by atoms with Gasteiger partial charge in [0.1, 0.15) is 0 Å². The summed E-state index contributed by atoms with van der Waals surface area (Å²) < 4.78 is 5.23. The van der Waals surface area contributed by atoms with Crippen molar-refractivity contribution in [3.8, 4) is 0 Å². The first kappa shape index (κ1) is 11.5. The lowest BCUT2D eigenvalue weighted by Gasteiger charge is -2.10. The lowest BCUT2D eigenvalue weighted by atomic mass is 10.2. The van der Waals surface area contributed by atoms with Crippen LogP contribution in [0, 0.1) is 0 Å². The third-order valence-electron chi connectivity index (χ3n) is 1.87. The van der Waals surface area contributed by atoms with E-state index in [0.717, 1.165) is 12.0 Å². The molecule has 14 heavy (non-hydrogen) atoms. The summed E-state index contributed by atoms with van der Waals surface area (Å²) in [6, 6.07) is 9.78. The number of hydrogen-bond acceptors (Lipinski definition) is 2. The maximum Gasteiger partial charge on any atom is 0.155 e. The molecule has 1 aromatic rings. The average molecular weight is 215 g/mol. The molecule has 0 bridgehead atoms. The van der Waals surface area contributed by atoms with Gasteiger partial charge in [0.25, 0.3) is 0 Å². The van der Waals surface area contributed by atoms with Crippen LogP contribution in [0.2, 0.25) is 0 Å². The van der Waals surface area contributed by atoms with Gasteiger partial charge in [-0.2, -0.15) is 0 Å². The van der Waals surface area contributed by atoms with Crippen LogP contribution >= 0.6 is 11.6 Å². The molecule has 78 valence electrons. The Labute approximate surface area is 89.5 Å². The Balaban J connectivity index is 2.20. The third kappa shape index (κ3) is 4.61. The van der Waals surface area contributed by atoms with Crippen molar-refractivity contribution < 1.29 is 9.84 Å². The maximum absolute atomic E-state index is 9.36. The van der Waals surface area contributed by atoms with Crippen molar-refractivity contribution in [2.24, 2.45) is 0 Å². The number of rotatable bonds is 6. The van der Waals surface area contributed by atoms with E-state index in [9.17, 15) is 5.11 Å². The van der Waals surface area contributed by atoms with Crippen molar-refractivity contribution in [3.63, 3.8) is 0 Å². The molecule has 1 aromatic carbocycles. The second-order valence-corrected chi connectivity index (χ2v) is 3.46. The molecule has 2 nitrogen and oxygen atoms in total. The van der Waals surface area contributed by atoms with Crippen LogP contribution in [-0.2, 0) is 11.3 Å². The Morgan fingerprint density at radius 1 is 1.29 bits per heavy atom. The number of halogens is 1. The highest BCUT2D eigenvalue weighted by Crippen LogP contribution is 2.05. The van der Waals surface area contributed by atoms with Gasteiger partial charge >= 0.3 is 0 Å². The molecule has 0 saturated heterocycles. The molecule has 3 heteroatoms. The summed E-state index contributed by atoms with van der Waals surface area (Å²) in [6.07, 6.45) is 0.669. The molecule has 0 amide bonds. The molecular weight excluding hydrogens is 200 g/mol. The van der Waals surface area contributed by atoms with Gasteiger partial charge in [-0.25, -0.2) is 0 Å². The molecule has 1 atom stereocenters. The van der Waals surface area contributed by atoms with Crippen molar-refractivity contribution in [1.29, 1.82) is 0 Å². The minimum atomic E-state index is -0.700. The highest BCUT2D eigenvalue weighted by atomic mass is 35.5. The fraction of sp³-hybridized carbons (Fsp3) is 0.455. The van der Waals surface area contributed by atoms with Gasteiger partial charge in [-0.05, 0) is 18.4 Å². The van der Waals surface area contributed by atoms with Gasteiger partial charge in [0, 0.05) is 5.88 Å².